The molecule has 2 aromatic heterocycles. The van der Waals surface area contributed by atoms with Gasteiger partial charge in [-0.2, -0.15) is 4.39 Å². The van der Waals surface area contributed by atoms with Crippen molar-refractivity contribution in [2.75, 3.05) is 13.6 Å². The summed E-state index contributed by atoms with van der Waals surface area (Å²) in [5, 5.41) is 3.04. The summed E-state index contributed by atoms with van der Waals surface area (Å²) in [4.78, 5) is 31.9. The van der Waals surface area contributed by atoms with E-state index < -0.39 is 17.7 Å². The summed E-state index contributed by atoms with van der Waals surface area (Å²) >= 11 is 0. The molecule has 0 spiro atoms. The fourth-order valence-electron chi connectivity index (χ4n) is 3.85. The molecule has 2 N–H and O–H groups in total. The molecule has 1 fully saturated rings. The Labute approximate surface area is 183 Å². The van der Waals surface area contributed by atoms with Gasteiger partial charge in [-0.3, -0.25) is 14.5 Å². The predicted octanol–water partition coefficient (Wildman–Crippen LogP) is 2.78. The quantitative estimate of drug-likeness (QED) is 0.574. The molecule has 2 atom stereocenters. The molecule has 1 saturated heterocycles. The monoisotopic (exact) mass is 442 g/mol. The molecule has 32 heavy (non-hydrogen) atoms. The van der Waals surface area contributed by atoms with E-state index in [0.717, 1.165) is 0 Å². The lowest BCUT2D eigenvalue weighted by atomic mass is 9.99. The van der Waals surface area contributed by atoms with E-state index in [4.69, 9.17) is 4.74 Å². The summed E-state index contributed by atoms with van der Waals surface area (Å²) in [7, 11) is 1.44. The number of ether oxygens (including phenoxy) is 1. The molecule has 1 aliphatic heterocycles. The summed E-state index contributed by atoms with van der Waals surface area (Å²) in [6, 6.07) is 7.92. The Morgan fingerprint density at radius 3 is 2.72 bits per heavy atom. The highest BCUT2D eigenvalue weighted by Crippen LogP contribution is 2.28. The predicted molar refractivity (Wildman–Crippen MR) is 116 cm³/mol. The zero-order chi connectivity index (χ0) is 23.0. The first-order chi connectivity index (χ1) is 15.3. The minimum absolute atomic E-state index is 0.0310. The van der Waals surface area contributed by atoms with E-state index in [2.05, 4.69) is 15.3 Å². The van der Waals surface area contributed by atoms with Gasteiger partial charge in [0.2, 0.25) is 0 Å². The molecule has 3 heterocycles. The van der Waals surface area contributed by atoms with E-state index in [9.17, 15) is 14.0 Å². The van der Waals surface area contributed by atoms with Gasteiger partial charge < -0.3 is 15.0 Å². The summed E-state index contributed by atoms with van der Waals surface area (Å²) in [5.41, 5.74) is 0.975. The molecule has 4 rings (SSSR count). The van der Waals surface area contributed by atoms with Crippen LogP contribution in [0.5, 0.6) is 5.75 Å². The number of carbonyl (C=O) groups is 1. The van der Waals surface area contributed by atoms with Crippen LogP contribution >= 0.6 is 0 Å². The van der Waals surface area contributed by atoms with Crippen LogP contribution in [0.15, 0.2) is 35.1 Å². The molecule has 0 unspecified atom stereocenters. The third-order valence-corrected chi connectivity index (χ3v) is 5.95. The number of carbonyl (C=O) groups excluding carboxylic acids is 1. The molecule has 1 amide bonds. The van der Waals surface area contributed by atoms with Crippen LogP contribution in [0.25, 0.3) is 10.9 Å². The Kier molecular flexibility index (Phi) is 5.92. The van der Waals surface area contributed by atoms with Crippen LogP contribution in [0.4, 0.5) is 8.78 Å². The van der Waals surface area contributed by atoms with Gasteiger partial charge in [0.05, 0.1) is 5.52 Å². The van der Waals surface area contributed by atoms with E-state index in [1.54, 1.807) is 18.2 Å². The minimum Gasteiger partial charge on any atom is -0.483 e. The maximum atomic E-state index is 15.0. The van der Waals surface area contributed by atoms with Crippen molar-refractivity contribution in [3.05, 3.63) is 69.3 Å². The van der Waals surface area contributed by atoms with Crippen molar-refractivity contribution in [2.24, 2.45) is 0 Å². The largest absolute Gasteiger partial charge is 0.483 e. The number of likely N-dealkylation sites (tertiary alicyclic amines) is 1. The number of aromatic amines is 1. The van der Waals surface area contributed by atoms with Gasteiger partial charge in [0, 0.05) is 42.7 Å². The number of halogens is 2. The third-order valence-electron chi connectivity index (χ3n) is 5.95. The number of pyridine rings is 2. The second-order valence-corrected chi connectivity index (χ2v) is 7.87. The van der Waals surface area contributed by atoms with Crippen molar-refractivity contribution in [2.45, 2.75) is 39.0 Å². The SMILES string of the molecule is CCc1cc2ccc(CN3C[C@H](Oc4ccc(C(=O)NC)nc4F)[C@H]3C)c(F)c2[nH]c1=O. The molecule has 9 heteroatoms. The standard InChI is InChI=1S/C23H24F2N4O3/c1-4-13-9-14-5-6-15(19(24)20(14)28-22(13)30)10-29-11-18(12(29)2)32-17-8-7-16(23(31)26-3)27-21(17)25/h5-9,12,18H,4,10-11H2,1-3H3,(H,26,31)(H,28,30)/t12-,18+/m1/s1. The van der Waals surface area contributed by atoms with Crippen LogP contribution in [-0.4, -0.2) is 46.5 Å². The van der Waals surface area contributed by atoms with E-state index in [0.29, 0.717) is 36.0 Å². The normalized spacial score (nSPS) is 18.4. The number of amides is 1. The number of fused-ring (bicyclic) bond motifs is 1. The summed E-state index contributed by atoms with van der Waals surface area (Å²) < 4.78 is 35.0. The third kappa shape index (κ3) is 3.95. The van der Waals surface area contributed by atoms with Gasteiger partial charge in [-0.1, -0.05) is 19.1 Å². The Balaban J connectivity index is 1.45. The van der Waals surface area contributed by atoms with Crippen molar-refractivity contribution >= 4 is 16.8 Å². The van der Waals surface area contributed by atoms with Crippen molar-refractivity contribution in [3.63, 3.8) is 0 Å². The molecular weight excluding hydrogens is 418 g/mol. The summed E-state index contributed by atoms with van der Waals surface area (Å²) in [6.07, 6.45) is 0.277. The van der Waals surface area contributed by atoms with Crippen LogP contribution in [0.3, 0.4) is 0 Å². The Morgan fingerprint density at radius 2 is 2.06 bits per heavy atom. The second-order valence-electron chi connectivity index (χ2n) is 7.87. The number of nitrogens with one attached hydrogen (secondary N) is 2. The summed E-state index contributed by atoms with van der Waals surface area (Å²) in [5.74, 6) is -1.81. The highest BCUT2D eigenvalue weighted by Gasteiger charge is 2.38. The topological polar surface area (TPSA) is 87.3 Å². The lowest BCUT2D eigenvalue weighted by Crippen LogP contribution is -2.60. The Morgan fingerprint density at radius 1 is 1.28 bits per heavy atom. The van der Waals surface area contributed by atoms with Crippen molar-refractivity contribution in [1.82, 2.24) is 20.2 Å². The molecule has 1 aromatic carbocycles. The number of aromatic nitrogens is 2. The second kappa shape index (κ2) is 8.66. The number of aryl methyl sites for hydroxylation is 1. The van der Waals surface area contributed by atoms with Gasteiger partial charge in [-0.05, 0) is 31.5 Å². The average Bonchev–Trinajstić information content (AvgIpc) is 2.79. The van der Waals surface area contributed by atoms with E-state index >= 15 is 4.39 Å². The van der Waals surface area contributed by atoms with Gasteiger partial charge in [0.25, 0.3) is 17.4 Å². The molecule has 0 radical (unpaired) electrons. The zero-order valence-electron chi connectivity index (χ0n) is 18.0. The number of nitrogens with zero attached hydrogens (tertiary/aromatic N) is 2. The molecule has 7 nitrogen and oxygen atoms in total. The van der Waals surface area contributed by atoms with E-state index in [1.165, 1.54) is 19.2 Å². The number of hydrogen-bond donors (Lipinski definition) is 2. The zero-order valence-corrected chi connectivity index (χ0v) is 18.0. The molecule has 168 valence electrons. The van der Waals surface area contributed by atoms with Gasteiger partial charge >= 0.3 is 0 Å². The van der Waals surface area contributed by atoms with Crippen molar-refractivity contribution < 1.29 is 18.3 Å². The smallest absolute Gasteiger partial charge is 0.269 e. The molecular formula is C23H24F2N4O3. The first-order valence-electron chi connectivity index (χ1n) is 10.4. The fraction of sp³-hybridized carbons (Fsp3) is 0.348. The minimum atomic E-state index is -0.854. The molecule has 0 bridgehead atoms. The van der Waals surface area contributed by atoms with Crippen LogP contribution in [-0.2, 0) is 13.0 Å². The summed E-state index contributed by atoms with van der Waals surface area (Å²) in [6.45, 7) is 4.59. The number of benzene rings is 1. The molecule has 3 aromatic rings. The Hall–Kier alpha value is -3.33. The number of H-pyrrole nitrogens is 1. The number of hydrogen-bond acceptors (Lipinski definition) is 5. The van der Waals surface area contributed by atoms with Gasteiger partial charge in [-0.15, -0.1) is 0 Å². The molecule has 0 saturated carbocycles. The van der Waals surface area contributed by atoms with Crippen molar-refractivity contribution in [1.29, 1.82) is 0 Å². The van der Waals surface area contributed by atoms with E-state index in [-0.39, 0.29) is 34.7 Å². The fourth-order valence-corrected chi connectivity index (χ4v) is 3.85. The van der Waals surface area contributed by atoms with Gasteiger partial charge in [0.15, 0.2) is 11.6 Å². The first-order valence-corrected chi connectivity index (χ1v) is 10.4. The number of rotatable bonds is 6. The maximum absolute atomic E-state index is 15.0. The van der Waals surface area contributed by atoms with Crippen LogP contribution in [0.1, 0.15) is 35.5 Å². The lowest BCUT2D eigenvalue weighted by molar-refractivity contribution is -0.0437. The first kappa shape index (κ1) is 21.9. The van der Waals surface area contributed by atoms with Gasteiger partial charge in [0.1, 0.15) is 11.8 Å². The van der Waals surface area contributed by atoms with Crippen LogP contribution in [0.2, 0.25) is 0 Å². The molecule has 1 aliphatic rings. The lowest BCUT2D eigenvalue weighted by Gasteiger charge is -2.45. The van der Waals surface area contributed by atoms with E-state index in [1.807, 2.05) is 18.7 Å². The molecule has 0 aliphatic carbocycles. The maximum Gasteiger partial charge on any atom is 0.269 e. The van der Waals surface area contributed by atoms with Gasteiger partial charge in [-0.25, -0.2) is 9.37 Å². The van der Waals surface area contributed by atoms with Crippen molar-refractivity contribution in [3.8, 4) is 5.75 Å². The Bertz CT molecular complexity index is 1240. The highest BCUT2D eigenvalue weighted by atomic mass is 19.1. The van der Waals surface area contributed by atoms with Crippen LogP contribution < -0.4 is 15.6 Å². The average molecular weight is 442 g/mol. The van der Waals surface area contributed by atoms with Crippen LogP contribution in [0, 0.1) is 11.8 Å². The highest BCUT2D eigenvalue weighted by molar-refractivity contribution is 5.92.